The van der Waals surface area contributed by atoms with Crippen LogP contribution in [0.25, 0.3) is 0 Å². The number of carbonyl (C=O) groups is 2. The number of hydrogen-bond donors (Lipinski definition) is 3. The van der Waals surface area contributed by atoms with E-state index in [1.54, 1.807) is 6.07 Å². The summed E-state index contributed by atoms with van der Waals surface area (Å²) in [6, 6.07) is 25.8. The highest BCUT2D eigenvalue weighted by Gasteiger charge is 2.22. The predicted octanol–water partition coefficient (Wildman–Crippen LogP) is 3.98. The van der Waals surface area contributed by atoms with Crippen molar-refractivity contribution in [2.75, 3.05) is 5.32 Å². The van der Waals surface area contributed by atoms with E-state index in [-0.39, 0.29) is 5.91 Å². The molecule has 5 heteroatoms. The van der Waals surface area contributed by atoms with Crippen LogP contribution in [-0.4, -0.2) is 11.9 Å². The minimum absolute atomic E-state index is 0.313. The predicted molar refractivity (Wildman–Crippen MR) is 106 cm³/mol. The summed E-state index contributed by atoms with van der Waals surface area (Å²) in [6.45, 7) is 1.94. The lowest BCUT2D eigenvalue weighted by atomic mass is 9.91. The van der Waals surface area contributed by atoms with Crippen LogP contribution in [-0.2, 0) is 4.79 Å². The van der Waals surface area contributed by atoms with Crippen molar-refractivity contribution in [3.63, 3.8) is 0 Å². The Morgan fingerprint density at radius 2 is 1.33 bits per heavy atom. The molecule has 3 aromatic carbocycles. The van der Waals surface area contributed by atoms with E-state index in [1.807, 2.05) is 85.8 Å². The van der Waals surface area contributed by atoms with E-state index in [0.29, 0.717) is 5.69 Å². The molecular formula is C22H21N3O2. The van der Waals surface area contributed by atoms with Crippen LogP contribution in [0.4, 0.5) is 10.5 Å². The van der Waals surface area contributed by atoms with Gasteiger partial charge in [0, 0.05) is 5.69 Å². The van der Waals surface area contributed by atoms with Crippen LogP contribution in [0.3, 0.4) is 0 Å². The van der Waals surface area contributed by atoms with Crippen molar-refractivity contribution in [1.29, 1.82) is 0 Å². The number of urea groups is 1. The highest BCUT2D eigenvalue weighted by Crippen LogP contribution is 2.24. The Morgan fingerprint density at radius 1 is 0.741 bits per heavy atom. The van der Waals surface area contributed by atoms with E-state index in [2.05, 4.69) is 16.2 Å². The van der Waals surface area contributed by atoms with Crippen molar-refractivity contribution in [3.8, 4) is 0 Å². The first-order chi connectivity index (χ1) is 13.1. The van der Waals surface area contributed by atoms with E-state index in [9.17, 15) is 9.59 Å². The molecule has 0 heterocycles. The molecular weight excluding hydrogens is 338 g/mol. The average Bonchev–Trinajstić information content (AvgIpc) is 2.68. The molecule has 0 atom stereocenters. The molecule has 0 aromatic heterocycles. The van der Waals surface area contributed by atoms with Gasteiger partial charge >= 0.3 is 6.03 Å². The fourth-order valence-electron chi connectivity index (χ4n) is 2.86. The number of hydrogen-bond acceptors (Lipinski definition) is 2. The summed E-state index contributed by atoms with van der Waals surface area (Å²) in [5.41, 5.74) is 8.32. The molecule has 3 N–H and O–H groups in total. The lowest BCUT2D eigenvalue weighted by molar-refractivity contribution is -0.122. The van der Waals surface area contributed by atoms with Crippen LogP contribution in [0, 0.1) is 6.92 Å². The minimum Gasteiger partial charge on any atom is -0.307 e. The van der Waals surface area contributed by atoms with Gasteiger partial charge in [-0.25, -0.2) is 10.2 Å². The third kappa shape index (κ3) is 4.95. The van der Waals surface area contributed by atoms with Crippen LogP contribution in [0.15, 0.2) is 84.9 Å². The summed E-state index contributed by atoms with van der Waals surface area (Å²) < 4.78 is 0. The van der Waals surface area contributed by atoms with E-state index < -0.39 is 11.9 Å². The topological polar surface area (TPSA) is 70.2 Å². The standard InChI is InChI=1S/C22H21N3O2/c1-16-9-8-14-19(15-16)23-22(27)25-24-21(26)20(17-10-4-2-5-11-17)18-12-6-3-7-13-18/h2-15,20H,1H3,(H,24,26)(H2,23,25,27). The molecule has 0 aliphatic heterocycles. The van der Waals surface area contributed by atoms with Gasteiger partial charge < -0.3 is 5.32 Å². The Balaban J connectivity index is 1.69. The van der Waals surface area contributed by atoms with Crippen LogP contribution in [0.5, 0.6) is 0 Å². The minimum atomic E-state index is -0.522. The van der Waals surface area contributed by atoms with Crippen LogP contribution < -0.4 is 16.2 Å². The number of aryl methyl sites for hydroxylation is 1. The quantitative estimate of drug-likeness (QED) is 0.617. The number of benzene rings is 3. The zero-order valence-corrected chi connectivity index (χ0v) is 15.0. The van der Waals surface area contributed by atoms with E-state index in [4.69, 9.17) is 0 Å². The molecule has 3 aromatic rings. The Hall–Kier alpha value is -3.60. The third-order valence-electron chi connectivity index (χ3n) is 4.10. The maximum atomic E-state index is 12.8. The smallest absolute Gasteiger partial charge is 0.307 e. The molecule has 3 amide bonds. The van der Waals surface area contributed by atoms with Gasteiger partial charge in [0.1, 0.15) is 0 Å². The molecule has 0 spiro atoms. The molecule has 136 valence electrons. The summed E-state index contributed by atoms with van der Waals surface area (Å²) in [5, 5.41) is 2.69. The number of amides is 3. The fourth-order valence-corrected chi connectivity index (χ4v) is 2.86. The first-order valence-corrected chi connectivity index (χ1v) is 8.67. The Labute approximate surface area is 158 Å². The van der Waals surface area contributed by atoms with Crippen LogP contribution in [0.1, 0.15) is 22.6 Å². The number of carbonyl (C=O) groups excluding carboxylic acids is 2. The van der Waals surface area contributed by atoms with Gasteiger partial charge in [-0.15, -0.1) is 0 Å². The molecule has 5 nitrogen and oxygen atoms in total. The van der Waals surface area contributed by atoms with Crippen molar-refractivity contribution in [2.45, 2.75) is 12.8 Å². The highest BCUT2D eigenvalue weighted by atomic mass is 16.2. The molecule has 0 saturated carbocycles. The maximum absolute atomic E-state index is 12.8. The summed E-state index contributed by atoms with van der Waals surface area (Å²) in [7, 11) is 0. The average molecular weight is 359 g/mol. The zero-order chi connectivity index (χ0) is 19.1. The molecule has 0 radical (unpaired) electrons. The second-order valence-electron chi connectivity index (χ2n) is 6.19. The van der Waals surface area contributed by atoms with E-state index in [0.717, 1.165) is 16.7 Å². The van der Waals surface area contributed by atoms with Gasteiger partial charge in [0.05, 0.1) is 5.92 Å². The Morgan fingerprint density at radius 3 is 1.89 bits per heavy atom. The Bertz CT molecular complexity index is 872. The molecule has 0 bridgehead atoms. The van der Waals surface area contributed by atoms with Gasteiger partial charge in [0.2, 0.25) is 5.91 Å². The largest absolute Gasteiger partial charge is 0.337 e. The second-order valence-corrected chi connectivity index (χ2v) is 6.19. The van der Waals surface area contributed by atoms with Gasteiger partial charge in [-0.05, 0) is 35.7 Å². The zero-order valence-electron chi connectivity index (χ0n) is 15.0. The SMILES string of the molecule is Cc1cccc(NC(=O)NNC(=O)C(c2ccccc2)c2ccccc2)c1. The molecule has 3 rings (SSSR count). The monoisotopic (exact) mass is 359 g/mol. The van der Waals surface area contributed by atoms with Crippen molar-refractivity contribution >= 4 is 17.6 Å². The fraction of sp³-hybridized carbons (Fsp3) is 0.0909. The molecule has 0 aliphatic rings. The highest BCUT2D eigenvalue weighted by molar-refractivity contribution is 5.93. The van der Waals surface area contributed by atoms with Gasteiger partial charge in [-0.1, -0.05) is 72.8 Å². The normalized spacial score (nSPS) is 10.3. The summed E-state index contributed by atoms with van der Waals surface area (Å²) in [5.74, 6) is -0.835. The maximum Gasteiger partial charge on any atom is 0.337 e. The first-order valence-electron chi connectivity index (χ1n) is 8.67. The lowest BCUT2D eigenvalue weighted by Crippen LogP contribution is -2.46. The van der Waals surface area contributed by atoms with Gasteiger partial charge in [-0.2, -0.15) is 0 Å². The van der Waals surface area contributed by atoms with Gasteiger partial charge in [0.15, 0.2) is 0 Å². The summed E-state index contributed by atoms with van der Waals surface area (Å²) in [6.07, 6.45) is 0. The lowest BCUT2D eigenvalue weighted by Gasteiger charge is -2.18. The van der Waals surface area contributed by atoms with Gasteiger partial charge in [-0.3, -0.25) is 10.2 Å². The van der Waals surface area contributed by atoms with Gasteiger partial charge in [0.25, 0.3) is 0 Å². The van der Waals surface area contributed by atoms with E-state index in [1.165, 1.54) is 0 Å². The molecule has 0 aliphatic carbocycles. The van der Waals surface area contributed by atoms with Crippen molar-refractivity contribution < 1.29 is 9.59 Å². The first kappa shape index (κ1) is 18.2. The molecule has 0 fully saturated rings. The molecule has 27 heavy (non-hydrogen) atoms. The third-order valence-corrected chi connectivity index (χ3v) is 4.10. The molecule has 0 saturated heterocycles. The van der Waals surface area contributed by atoms with Crippen LogP contribution in [0.2, 0.25) is 0 Å². The Kier molecular flexibility index (Phi) is 5.84. The number of anilines is 1. The van der Waals surface area contributed by atoms with Crippen molar-refractivity contribution in [1.82, 2.24) is 10.9 Å². The van der Waals surface area contributed by atoms with Crippen molar-refractivity contribution in [2.24, 2.45) is 0 Å². The number of rotatable bonds is 4. The number of hydrazine groups is 1. The number of nitrogens with one attached hydrogen (secondary N) is 3. The second kappa shape index (κ2) is 8.67. The van der Waals surface area contributed by atoms with Crippen molar-refractivity contribution in [3.05, 3.63) is 102 Å². The summed E-state index contributed by atoms with van der Waals surface area (Å²) in [4.78, 5) is 24.9. The molecule has 0 unspecified atom stereocenters. The van der Waals surface area contributed by atoms with E-state index >= 15 is 0 Å². The summed E-state index contributed by atoms with van der Waals surface area (Å²) >= 11 is 0. The van der Waals surface area contributed by atoms with Crippen LogP contribution >= 0.6 is 0 Å².